The van der Waals surface area contributed by atoms with Crippen LogP contribution in [0.4, 0.5) is 10.5 Å². The normalized spacial score (nSPS) is 15.8. The van der Waals surface area contributed by atoms with Crippen molar-refractivity contribution in [3.8, 4) is 0 Å². The van der Waals surface area contributed by atoms with Crippen LogP contribution in [0.3, 0.4) is 0 Å². The predicted molar refractivity (Wildman–Crippen MR) is 53.0 cm³/mol. The standard InChI is InChI=1S/C10H12N2O2/c11-7-8-3-1-2-4-9(8)12-5-6-14-10(12)13/h1-4H,5-7,11H2. The van der Waals surface area contributed by atoms with Crippen molar-refractivity contribution in [3.05, 3.63) is 29.8 Å². The molecule has 2 rings (SSSR count). The van der Waals surface area contributed by atoms with Gasteiger partial charge in [0.1, 0.15) is 6.61 Å². The average Bonchev–Trinajstić information content (AvgIpc) is 2.64. The molecule has 0 aromatic heterocycles. The molecule has 1 aromatic carbocycles. The van der Waals surface area contributed by atoms with Gasteiger partial charge in [0, 0.05) is 6.54 Å². The highest BCUT2D eigenvalue weighted by Crippen LogP contribution is 2.22. The van der Waals surface area contributed by atoms with Gasteiger partial charge in [-0.15, -0.1) is 0 Å². The van der Waals surface area contributed by atoms with Crippen LogP contribution in [-0.2, 0) is 11.3 Å². The van der Waals surface area contributed by atoms with Gasteiger partial charge in [-0.2, -0.15) is 0 Å². The van der Waals surface area contributed by atoms with Crippen molar-refractivity contribution in [2.24, 2.45) is 5.73 Å². The fourth-order valence-corrected chi connectivity index (χ4v) is 1.56. The first kappa shape index (κ1) is 9.02. The summed E-state index contributed by atoms with van der Waals surface area (Å²) >= 11 is 0. The smallest absolute Gasteiger partial charge is 0.414 e. The van der Waals surface area contributed by atoms with Gasteiger partial charge >= 0.3 is 6.09 Å². The number of para-hydroxylation sites is 1. The molecule has 0 atom stereocenters. The third-order valence-electron chi connectivity index (χ3n) is 2.26. The SMILES string of the molecule is NCc1ccccc1N1CCOC1=O. The van der Waals surface area contributed by atoms with Crippen LogP contribution >= 0.6 is 0 Å². The van der Waals surface area contributed by atoms with Gasteiger partial charge < -0.3 is 10.5 Å². The van der Waals surface area contributed by atoms with E-state index in [2.05, 4.69) is 0 Å². The van der Waals surface area contributed by atoms with Crippen molar-refractivity contribution < 1.29 is 9.53 Å². The van der Waals surface area contributed by atoms with Crippen LogP contribution in [0.1, 0.15) is 5.56 Å². The Balaban J connectivity index is 2.35. The summed E-state index contributed by atoms with van der Waals surface area (Å²) < 4.78 is 4.87. The molecule has 74 valence electrons. The topological polar surface area (TPSA) is 55.6 Å². The number of anilines is 1. The summed E-state index contributed by atoms with van der Waals surface area (Å²) in [6, 6.07) is 7.60. The van der Waals surface area contributed by atoms with Crippen LogP contribution in [0.25, 0.3) is 0 Å². The second-order valence-electron chi connectivity index (χ2n) is 3.10. The third-order valence-corrected chi connectivity index (χ3v) is 2.26. The summed E-state index contributed by atoms with van der Waals surface area (Å²) in [7, 11) is 0. The van der Waals surface area contributed by atoms with Gasteiger partial charge in [0.05, 0.1) is 12.2 Å². The number of nitrogens with zero attached hydrogens (tertiary/aromatic N) is 1. The van der Waals surface area contributed by atoms with Crippen molar-refractivity contribution in [2.75, 3.05) is 18.1 Å². The number of ether oxygens (including phenoxy) is 1. The first-order chi connectivity index (χ1) is 6.83. The van der Waals surface area contributed by atoms with Gasteiger partial charge in [0.2, 0.25) is 0 Å². The number of benzene rings is 1. The van der Waals surface area contributed by atoms with E-state index in [1.165, 1.54) is 0 Å². The average molecular weight is 192 g/mol. The second-order valence-corrected chi connectivity index (χ2v) is 3.10. The van der Waals surface area contributed by atoms with Crippen LogP contribution < -0.4 is 10.6 Å². The van der Waals surface area contributed by atoms with Gasteiger partial charge in [0.25, 0.3) is 0 Å². The van der Waals surface area contributed by atoms with E-state index in [4.69, 9.17) is 10.5 Å². The Kier molecular flexibility index (Phi) is 2.37. The van der Waals surface area contributed by atoms with Crippen molar-refractivity contribution >= 4 is 11.8 Å². The van der Waals surface area contributed by atoms with Crippen molar-refractivity contribution in [2.45, 2.75) is 6.54 Å². The van der Waals surface area contributed by atoms with E-state index < -0.39 is 0 Å². The van der Waals surface area contributed by atoms with Gasteiger partial charge in [-0.25, -0.2) is 4.79 Å². The number of carbonyl (C=O) groups excluding carboxylic acids is 1. The highest BCUT2D eigenvalue weighted by atomic mass is 16.6. The largest absolute Gasteiger partial charge is 0.447 e. The van der Waals surface area contributed by atoms with Crippen LogP contribution in [0, 0.1) is 0 Å². The Labute approximate surface area is 82.3 Å². The molecule has 4 nitrogen and oxygen atoms in total. The summed E-state index contributed by atoms with van der Waals surface area (Å²) in [5.41, 5.74) is 7.41. The quantitative estimate of drug-likeness (QED) is 0.763. The molecular formula is C10H12N2O2. The van der Waals surface area contributed by atoms with Gasteiger partial charge in [-0.05, 0) is 11.6 Å². The molecule has 14 heavy (non-hydrogen) atoms. The lowest BCUT2D eigenvalue weighted by atomic mass is 10.1. The number of hydrogen-bond donors (Lipinski definition) is 1. The van der Waals surface area contributed by atoms with Crippen LogP contribution in [-0.4, -0.2) is 19.2 Å². The number of hydrogen-bond acceptors (Lipinski definition) is 3. The molecule has 0 bridgehead atoms. The summed E-state index contributed by atoms with van der Waals surface area (Å²) in [5.74, 6) is 0. The van der Waals surface area contributed by atoms with Gasteiger partial charge in [-0.3, -0.25) is 4.90 Å². The van der Waals surface area contributed by atoms with E-state index in [1.54, 1.807) is 4.90 Å². The molecule has 1 amide bonds. The Morgan fingerprint density at radius 1 is 1.43 bits per heavy atom. The number of cyclic esters (lactones) is 1. The maximum Gasteiger partial charge on any atom is 0.414 e. The van der Waals surface area contributed by atoms with Crippen molar-refractivity contribution in [1.29, 1.82) is 0 Å². The zero-order chi connectivity index (χ0) is 9.97. The highest BCUT2D eigenvalue weighted by molar-refractivity contribution is 5.90. The number of nitrogens with two attached hydrogens (primary N) is 1. The molecule has 1 heterocycles. The maximum absolute atomic E-state index is 11.3. The van der Waals surface area contributed by atoms with Crippen molar-refractivity contribution in [3.63, 3.8) is 0 Å². The minimum atomic E-state index is -0.286. The molecule has 0 radical (unpaired) electrons. The molecular weight excluding hydrogens is 180 g/mol. The molecule has 0 saturated carbocycles. The highest BCUT2D eigenvalue weighted by Gasteiger charge is 2.24. The van der Waals surface area contributed by atoms with E-state index in [0.717, 1.165) is 11.3 Å². The third kappa shape index (κ3) is 1.44. The van der Waals surface area contributed by atoms with E-state index in [-0.39, 0.29) is 6.09 Å². The molecule has 1 fully saturated rings. The van der Waals surface area contributed by atoms with Crippen LogP contribution in [0.15, 0.2) is 24.3 Å². The molecule has 4 heteroatoms. The van der Waals surface area contributed by atoms with Gasteiger partial charge in [-0.1, -0.05) is 18.2 Å². The van der Waals surface area contributed by atoms with Crippen LogP contribution in [0.2, 0.25) is 0 Å². The second kappa shape index (κ2) is 3.67. The summed E-state index contributed by atoms with van der Waals surface area (Å²) in [4.78, 5) is 12.9. The van der Waals surface area contributed by atoms with E-state index in [0.29, 0.717) is 19.7 Å². The minimum Gasteiger partial charge on any atom is -0.447 e. The summed E-state index contributed by atoms with van der Waals surface area (Å²) in [6.45, 7) is 1.49. The zero-order valence-electron chi connectivity index (χ0n) is 7.77. The molecule has 1 aliphatic rings. The number of amides is 1. The summed E-state index contributed by atoms with van der Waals surface area (Å²) in [6.07, 6.45) is -0.286. The summed E-state index contributed by atoms with van der Waals surface area (Å²) in [5, 5.41) is 0. The lowest BCUT2D eigenvalue weighted by Crippen LogP contribution is -2.25. The Morgan fingerprint density at radius 3 is 2.86 bits per heavy atom. The van der Waals surface area contributed by atoms with E-state index >= 15 is 0 Å². The predicted octanol–water partition coefficient (Wildman–Crippen LogP) is 1.10. The fraction of sp³-hybridized carbons (Fsp3) is 0.300. The fourth-order valence-electron chi connectivity index (χ4n) is 1.56. The first-order valence-corrected chi connectivity index (χ1v) is 4.55. The first-order valence-electron chi connectivity index (χ1n) is 4.55. The Morgan fingerprint density at radius 2 is 2.21 bits per heavy atom. The molecule has 1 aromatic rings. The molecule has 1 saturated heterocycles. The lowest BCUT2D eigenvalue weighted by molar-refractivity contribution is 0.181. The lowest BCUT2D eigenvalue weighted by Gasteiger charge is -2.15. The molecule has 0 unspecified atom stereocenters. The number of rotatable bonds is 2. The number of carbonyl (C=O) groups is 1. The maximum atomic E-state index is 11.3. The van der Waals surface area contributed by atoms with Crippen molar-refractivity contribution in [1.82, 2.24) is 0 Å². The zero-order valence-corrected chi connectivity index (χ0v) is 7.77. The molecule has 2 N–H and O–H groups in total. The monoisotopic (exact) mass is 192 g/mol. The molecule has 0 spiro atoms. The Bertz CT molecular complexity index is 352. The van der Waals surface area contributed by atoms with Gasteiger partial charge in [0.15, 0.2) is 0 Å². The molecule has 1 aliphatic heterocycles. The minimum absolute atomic E-state index is 0.286. The van der Waals surface area contributed by atoms with E-state index in [1.807, 2.05) is 24.3 Å². The van der Waals surface area contributed by atoms with E-state index in [9.17, 15) is 4.79 Å². The Hall–Kier alpha value is -1.55. The van der Waals surface area contributed by atoms with Crippen LogP contribution in [0.5, 0.6) is 0 Å². The molecule has 0 aliphatic carbocycles.